The Hall–Kier alpha value is -1.62. The molecule has 2 aliphatic rings. The van der Waals surface area contributed by atoms with Crippen LogP contribution < -0.4 is 5.32 Å². The van der Waals surface area contributed by atoms with Crippen molar-refractivity contribution in [3.8, 4) is 0 Å². The number of aromatic nitrogens is 3. The number of hydrogen-bond acceptors (Lipinski definition) is 6. The lowest BCUT2D eigenvalue weighted by atomic mass is 10.1. The number of sulfonamides is 1. The molecule has 1 aliphatic heterocycles. The van der Waals surface area contributed by atoms with Crippen LogP contribution in [0.4, 0.5) is 5.69 Å². The molecule has 4 rings (SSSR count). The van der Waals surface area contributed by atoms with Crippen LogP contribution >= 0.6 is 23.4 Å². The molecule has 1 saturated heterocycles. The summed E-state index contributed by atoms with van der Waals surface area (Å²) in [7, 11) is -3.69. The molecule has 0 spiro atoms. The Morgan fingerprint density at radius 1 is 1.19 bits per heavy atom. The maximum atomic E-state index is 13.0. The normalized spacial score (nSPS) is 18.4. The first-order valence-corrected chi connectivity index (χ1v) is 13.4. The van der Waals surface area contributed by atoms with Gasteiger partial charge in [-0.1, -0.05) is 42.6 Å². The summed E-state index contributed by atoms with van der Waals surface area (Å²) in [6.07, 6.45) is 7.39. The summed E-state index contributed by atoms with van der Waals surface area (Å²) >= 11 is 7.44. The molecule has 1 amide bonds. The molecule has 0 unspecified atom stereocenters. The topological polar surface area (TPSA) is 108 Å². The van der Waals surface area contributed by atoms with Gasteiger partial charge in [-0.3, -0.25) is 9.89 Å². The quantitative estimate of drug-likeness (QED) is 0.576. The highest BCUT2D eigenvalue weighted by molar-refractivity contribution is 7.99. The maximum Gasteiger partial charge on any atom is 0.244 e. The molecule has 168 valence electrons. The Kier molecular flexibility index (Phi) is 7.20. The molecule has 0 bridgehead atoms. The molecule has 2 aromatic rings. The zero-order valence-electron chi connectivity index (χ0n) is 17.1. The number of carbonyl (C=O) groups excluding carboxylic acids is 1. The van der Waals surface area contributed by atoms with Crippen LogP contribution in [0.5, 0.6) is 0 Å². The van der Waals surface area contributed by atoms with E-state index >= 15 is 0 Å². The van der Waals surface area contributed by atoms with Gasteiger partial charge in [0.2, 0.25) is 21.1 Å². The van der Waals surface area contributed by atoms with E-state index in [0.717, 1.165) is 37.9 Å². The van der Waals surface area contributed by atoms with E-state index < -0.39 is 10.0 Å². The van der Waals surface area contributed by atoms with E-state index in [1.165, 1.54) is 41.0 Å². The second-order valence-electron chi connectivity index (χ2n) is 7.93. The largest absolute Gasteiger partial charge is 0.325 e. The van der Waals surface area contributed by atoms with E-state index in [4.69, 9.17) is 11.6 Å². The Morgan fingerprint density at radius 2 is 1.94 bits per heavy atom. The van der Waals surface area contributed by atoms with Gasteiger partial charge in [-0.2, -0.15) is 4.31 Å². The third-order valence-corrected chi connectivity index (χ3v) is 8.93. The molecule has 2 heterocycles. The molecule has 31 heavy (non-hydrogen) atoms. The minimum absolute atomic E-state index is 0.0247. The van der Waals surface area contributed by atoms with Crippen molar-refractivity contribution >= 4 is 45.0 Å². The van der Waals surface area contributed by atoms with E-state index in [-0.39, 0.29) is 21.6 Å². The molecule has 0 radical (unpaired) electrons. The van der Waals surface area contributed by atoms with E-state index in [0.29, 0.717) is 29.9 Å². The average Bonchev–Trinajstić information content (AvgIpc) is 3.46. The van der Waals surface area contributed by atoms with E-state index in [9.17, 15) is 13.2 Å². The number of amides is 1. The fourth-order valence-electron chi connectivity index (χ4n) is 4.05. The summed E-state index contributed by atoms with van der Waals surface area (Å²) in [4.78, 5) is 16.9. The van der Waals surface area contributed by atoms with Gasteiger partial charge >= 0.3 is 0 Å². The van der Waals surface area contributed by atoms with Gasteiger partial charge in [0.15, 0.2) is 0 Å². The molecule has 2 fully saturated rings. The molecule has 11 heteroatoms. The summed E-state index contributed by atoms with van der Waals surface area (Å²) < 4.78 is 27.4. The number of carbonyl (C=O) groups is 1. The summed E-state index contributed by atoms with van der Waals surface area (Å²) in [5.74, 6) is 1.19. The fourth-order valence-corrected chi connectivity index (χ4v) is 6.68. The number of nitrogens with zero attached hydrogens (tertiary/aromatic N) is 3. The van der Waals surface area contributed by atoms with Crippen molar-refractivity contribution in [2.75, 3.05) is 24.2 Å². The zero-order chi connectivity index (χ0) is 21.8. The summed E-state index contributed by atoms with van der Waals surface area (Å²) in [5, 5.41) is 10.6. The number of thioether (sulfide) groups is 1. The summed E-state index contributed by atoms with van der Waals surface area (Å²) in [5.41, 5.74) is 0.396. The molecular weight excluding hydrogens is 458 g/mol. The number of halogens is 1. The van der Waals surface area contributed by atoms with Crippen LogP contribution in [-0.2, 0) is 14.8 Å². The monoisotopic (exact) mass is 483 g/mol. The third kappa shape index (κ3) is 5.42. The first-order chi connectivity index (χ1) is 14.9. The van der Waals surface area contributed by atoms with Crippen molar-refractivity contribution in [2.45, 2.75) is 60.9 Å². The van der Waals surface area contributed by atoms with Gasteiger partial charge in [0.05, 0.1) is 10.8 Å². The number of hydrogen-bond donors (Lipinski definition) is 2. The number of H-pyrrole nitrogens is 1. The van der Waals surface area contributed by atoms with E-state index in [1.807, 2.05) is 0 Å². The minimum atomic E-state index is -3.69. The second kappa shape index (κ2) is 9.89. The number of nitrogens with one attached hydrogen (secondary N) is 2. The molecule has 1 saturated carbocycles. The van der Waals surface area contributed by atoms with Crippen molar-refractivity contribution in [2.24, 2.45) is 0 Å². The Balaban J connectivity index is 1.37. The summed E-state index contributed by atoms with van der Waals surface area (Å²) in [6.45, 7) is 0.983. The first kappa shape index (κ1) is 22.6. The van der Waals surface area contributed by atoms with Crippen molar-refractivity contribution in [3.05, 3.63) is 29.0 Å². The predicted molar refractivity (Wildman–Crippen MR) is 121 cm³/mol. The molecular formula is C20H26ClN5O3S2. The Bertz CT molecular complexity index is 1030. The lowest BCUT2D eigenvalue weighted by molar-refractivity contribution is -0.113. The van der Waals surface area contributed by atoms with Crippen molar-refractivity contribution in [3.63, 3.8) is 0 Å². The first-order valence-electron chi connectivity index (χ1n) is 10.6. The van der Waals surface area contributed by atoms with Gasteiger partial charge < -0.3 is 5.32 Å². The number of benzene rings is 1. The Labute approximate surface area is 191 Å². The van der Waals surface area contributed by atoms with E-state index in [1.54, 1.807) is 6.07 Å². The fraction of sp³-hybridized carbons (Fsp3) is 0.550. The molecule has 1 aliphatic carbocycles. The van der Waals surface area contributed by atoms with Gasteiger partial charge in [0.1, 0.15) is 10.7 Å². The highest BCUT2D eigenvalue weighted by atomic mass is 35.5. The van der Waals surface area contributed by atoms with Crippen molar-refractivity contribution in [1.29, 1.82) is 0 Å². The van der Waals surface area contributed by atoms with Gasteiger partial charge in [0.25, 0.3) is 0 Å². The standard InChI is InChI=1S/C20H26ClN5O3S2/c21-16-9-8-15(12-17(16)31(28,29)26-10-4-1-5-11-26)22-18(27)13-30-20-23-19(24-25-20)14-6-2-3-7-14/h8-9,12,14H,1-7,10-11,13H2,(H,22,27)(H,23,24,25). The van der Waals surface area contributed by atoms with Crippen LogP contribution in [0.1, 0.15) is 56.7 Å². The SMILES string of the molecule is O=C(CSc1n[nH]c(C2CCCC2)n1)Nc1ccc(Cl)c(S(=O)(=O)N2CCCCC2)c1. The predicted octanol–water partition coefficient (Wildman–Crippen LogP) is 4.02. The number of rotatable bonds is 7. The number of aromatic amines is 1. The van der Waals surface area contributed by atoms with Crippen LogP contribution in [0.25, 0.3) is 0 Å². The number of anilines is 1. The van der Waals surface area contributed by atoms with Crippen LogP contribution in [0.15, 0.2) is 28.3 Å². The average molecular weight is 484 g/mol. The highest BCUT2D eigenvalue weighted by Crippen LogP contribution is 2.33. The van der Waals surface area contributed by atoms with Crippen molar-refractivity contribution in [1.82, 2.24) is 19.5 Å². The lowest BCUT2D eigenvalue weighted by Crippen LogP contribution is -2.35. The lowest BCUT2D eigenvalue weighted by Gasteiger charge is -2.26. The van der Waals surface area contributed by atoms with Crippen LogP contribution in [0.3, 0.4) is 0 Å². The van der Waals surface area contributed by atoms with Gasteiger partial charge in [-0.15, -0.1) is 5.10 Å². The highest BCUT2D eigenvalue weighted by Gasteiger charge is 2.28. The van der Waals surface area contributed by atoms with Crippen molar-refractivity contribution < 1.29 is 13.2 Å². The maximum absolute atomic E-state index is 13.0. The molecule has 1 aromatic carbocycles. The van der Waals surface area contributed by atoms with Crippen LogP contribution in [0.2, 0.25) is 5.02 Å². The molecule has 8 nitrogen and oxygen atoms in total. The molecule has 0 atom stereocenters. The van der Waals surface area contributed by atoms with Gasteiger partial charge in [-0.05, 0) is 43.9 Å². The minimum Gasteiger partial charge on any atom is -0.325 e. The molecule has 2 N–H and O–H groups in total. The third-order valence-electron chi connectivity index (χ3n) is 5.70. The van der Waals surface area contributed by atoms with E-state index in [2.05, 4.69) is 20.5 Å². The number of piperidine rings is 1. The van der Waals surface area contributed by atoms with Gasteiger partial charge in [0, 0.05) is 24.7 Å². The molecule has 1 aromatic heterocycles. The van der Waals surface area contributed by atoms with Crippen LogP contribution in [0, 0.1) is 0 Å². The van der Waals surface area contributed by atoms with Gasteiger partial charge in [-0.25, -0.2) is 13.4 Å². The summed E-state index contributed by atoms with van der Waals surface area (Å²) in [6, 6.07) is 4.54. The Morgan fingerprint density at radius 3 is 2.68 bits per heavy atom. The second-order valence-corrected chi connectivity index (χ2v) is 11.2. The van der Waals surface area contributed by atoms with Crippen LogP contribution in [-0.4, -0.2) is 52.7 Å². The zero-order valence-corrected chi connectivity index (χ0v) is 19.5. The smallest absolute Gasteiger partial charge is 0.244 e.